The van der Waals surface area contributed by atoms with Gasteiger partial charge in [0, 0.05) is 17.1 Å². The fraction of sp³-hybridized carbons (Fsp3) is 0.462. The van der Waals surface area contributed by atoms with Crippen LogP contribution in [0.3, 0.4) is 0 Å². The van der Waals surface area contributed by atoms with Gasteiger partial charge in [-0.1, -0.05) is 82.9 Å². The van der Waals surface area contributed by atoms with Crippen LogP contribution in [0.2, 0.25) is 0 Å². The lowest BCUT2D eigenvalue weighted by atomic mass is 10.1. The molecule has 0 aliphatic rings. The van der Waals surface area contributed by atoms with Crippen LogP contribution in [0.25, 0.3) is 0 Å². The minimum atomic E-state index is -0.513. The molecule has 0 spiro atoms. The van der Waals surface area contributed by atoms with Crippen molar-refractivity contribution >= 4 is 40.5 Å². The molecule has 2 rings (SSSR count). The van der Waals surface area contributed by atoms with Crippen molar-refractivity contribution in [3.8, 4) is 0 Å². The monoisotopic (exact) mass is 455 g/mol. The number of anilines is 3. The van der Waals surface area contributed by atoms with Crippen LogP contribution >= 0.6 is 12.2 Å². The van der Waals surface area contributed by atoms with E-state index in [0.29, 0.717) is 6.61 Å². The molecular formula is C26H37N3O2S. The van der Waals surface area contributed by atoms with Crippen LogP contribution in [-0.2, 0) is 4.74 Å². The highest BCUT2D eigenvalue weighted by atomic mass is 32.1. The smallest absolute Gasteiger partial charge is 0.413 e. The highest BCUT2D eigenvalue weighted by molar-refractivity contribution is 7.80. The fourth-order valence-corrected chi connectivity index (χ4v) is 3.57. The van der Waals surface area contributed by atoms with Crippen molar-refractivity contribution in [2.45, 2.75) is 71.1 Å². The number of hydrogen-bond donors (Lipinski definition) is 3. The number of unbranched alkanes of at least 4 members (excludes halogenated alkanes) is 9. The lowest BCUT2D eigenvalue weighted by Gasteiger charge is -2.11. The van der Waals surface area contributed by atoms with Gasteiger partial charge in [-0.25, -0.2) is 4.79 Å². The first kappa shape index (κ1) is 25.7. The summed E-state index contributed by atoms with van der Waals surface area (Å²) in [5.41, 5.74) is 2.79. The molecule has 2 aromatic rings. The number of rotatable bonds is 14. The van der Waals surface area contributed by atoms with Gasteiger partial charge in [0.2, 0.25) is 0 Å². The molecular weight excluding hydrogens is 418 g/mol. The molecule has 5 nitrogen and oxygen atoms in total. The molecule has 0 heterocycles. The molecule has 1 amide bonds. The van der Waals surface area contributed by atoms with E-state index >= 15 is 0 Å². The second-order valence-electron chi connectivity index (χ2n) is 7.97. The highest BCUT2D eigenvalue weighted by Gasteiger charge is 2.06. The van der Waals surface area contributed by atoms with Crippen molar-refractivity contribution in [1.82, 2.24) is 5.32 Å². The van der Waals surface area contributed by atoms with Gasteiger partial charge in [-0.05, 0) is 55.0 Å². The van der Waals surface area contributed by atoms with Crippen LogP contribution in [0.4, 0.5) is 21.9 Å². The molecule has 2 aromatic carbocycles. The second-order valence-corrected chi connectivity index (χ2v) is 8.37. The molecule has 0 fully saturated rings. The number of alkyl carbamates (subject to hydrolysis) is 1. The molecule has 3 N–H and O–H groups in total. The molecule has 0 aliphatic heterocycles. The maximum Gasteiger partial charge on any atom is 0.413 e. The Labute approximate surface area is 198 Å². The Morgan fingerprint density at radius 2 is 1.28 bits per heavy atom. The van der Waals surface area contributed by atoms with E-state index in [9.17, 15) is 4.79 Å². The highest BCUT2D eigenvalue weighted by Crippen LogP contribution is 2.18. The standard InChI is InChI=1S/C26H37N3O2S/c1-2-3-4-5-6-7-8-9-10-14-21-31-26(30)29-25(32)28-24-19-17-23(18-20-24)27-22-15-12-11-13-16-22/h11-13,15-20,27H,2-10,14,21H2,1H3,(H2,28,29,30,32). The van der Waals surface area contributed by atoms with E-state index in [4.69, 9.17) is 17.0 Å². The maximum atomic E-state index is 11.9. The van der Waals surface area contributed by atoms with Gasteiger partial charge in [-0.2, -0.15) is 0 Å². The van der Waals surface area contributed by atoms with E-state index in [0.717, 1.165) is 29.9 Å². The second kappa shape index (κ2) is 16.1. The van der Waals surface area contributed by atoms with Gasteiger partial charge in [0.1, 0.15) is 0 Å². The first-order chi connectivity index (χ1) is 15.7. The number of amides is 1. The predicted molar refractivity (Wildman–Crippen MR) is 139 cm³/mol. The predicted octanol–water partition coefficient (Wildman–Crippen LogP) is 7.77. The van der Waals surface area contributed by atoms with Crippen LogP contribution < -0.4 is 16.0 Å². The first-order valence-corrected chi connectivity index (χ1v) is 12.2. The summed E-state index contributed by atoms with van der Waals surface area (Å²) in [6.45, 7) is 2.67. The normalized spacial score (nSPS) is 10.4. The molecule has 0 unspecified atom stereocenters. The number of carbonyl (C=O) groups is 1. The van der Waals surface area contributed by atoms with Gasteiger partial charge in [-0.3, -0.25) is 5.32 Å². The number of thiocarbonyl (C=S) groups is 1. The molecule has 0 aromatic heterocycles. The number of nitrogens with one attached hydrogen (secondary N) is 3. The topological polar surface area (TPSA) is 62.4 Å². The largest absolute Gasteiger partial charge is 0.449 e. The summed E-state index contributed by atoms with van der Waals surface area (Å²) in [4.78, 5) is 11.9. The van der Waals surface area contributed by atoms with Gasteiger partial charge >= 0.3 is 6.09 Å². The summed E-state index contributed by atoms with van der Waals surface area (Å²) >= 11 is 5.20. The van der Waals surface area contributed by atoms with Crippen LogP contribution in [-0.4, -0.2) is 17.8 Å². The Morgan fingerprint density at radius 1 is 0.750 bits per heavy atom. The number of ether oxygens (including phenoxy) is 1. The number of carbonyl (C=O) groups excluding carboxylic acids is 1. The van der Waals surface area contributed by atoms with Crippen LogP contribution in [0.5, 0.6) is 0 Å². The minimum absolute atomic E-state index is 0.224. The Morgan fingerprint density at radius 3 is 1.91 bits per heavy atom. The van der Waals surface area contributed by atoms with Crippen molar-refractivity contribution < 1.29 is 9.53 Å². The third-order valence-electron chi connectivity index (χ3n) is 5.15. The fourth-order valence-electron chi connectivity index (χ4n) is 3.37. The first-order valence-electron chi connectivity index (χ1n) is 11.8. The zero-order valence-electron chi connectivity index (χ0n) is 19.2. The number of hydrogen-bond acceptors (Lipinski definition) is 4. The van der Waals surface area contributed by atoms with Crippen molar-refractivity contribution in [2.24, 2.45) is 0 Å². The lowest BCUT2D eigenvalue weighted by Crippen LogP contribution is -2.34. The van der Waals surface area contributed by atoms with Crippen molar-refractivity contribution in [3.05, 3.63) is 54.6 Å². The third kappa shape index (κ3) is 11.7. The Kier molecular flexibility index (Phi) is 12.9. The summed E-state index contributed by atoms with van der Waals surface area (Å²) in [6.07, 6.45) is 12.0. The summed E-state index contributed by atoms with van der Waals surface area (Å²) in [5.74, 6) is 0. The number of para-hydroxylation sites is 1. The van der Waals surface area contributed by atoms with Crippen molar-refractivity contribution in [3.63, 3.8) is 0 Å². The van der Waals surface area contributed by atoms with Gasteiger partial charge in [0.25, 0.3) is 0 Å². The molecule has 0 aliphatic carbocycles. The molecule has 0 atom stereocenters. The summed E-state index contributed by atoms with van der Waals surface area (Å²) in [7, 11) is 0. The van der Waals surface area contributed by atoms with Crippen molar-refractivity contribution in [1.29, 1.82) is 0 Å². The maximum absolute atomic E-state index is 11.9. The van der Waals surface area contributed by atoms with E-state index in [-0.39, 0.29) is 5.11 Å². The molecule has 0 saturated carbocycles. The molecule has 0 radical (unpaired) electrons. The van der Waals surface area contributed by atoms with Crippen LogP contribution in [0.15, 0.2) is 54.6 Å². The van der Waals surface area contributed by atoms with E-state index < -0.39 is 6.09 Å². The Bertz CT molecular complexity index is 781. The van der Waals surface area contributed by atoms with E-state index in [1.165, 1.54) is 51.4 Å². The van der Waals surface area contributed by atoms with Gasteiger partial charge in [-0.15, -0.1) is 0 Å². The lowest BCUT2D eigenvalue weighted by molar-refractivity contribution is 0.149. The Hall–Kier alpha value is -2.60. The summed E-state index contributed by atoms with van der Waals surface area (Å²) in [5, 5.41) is 9.11. The van der Waals surface area contributed by atoms with E-state index in [1.807, 2.05) is 54.6 Å². The molecule has 6 heteroatoms. The van der Waals surface area contributed by atoms with Crippen LogP contribution in [0, 0.1) is 0 Å². The van der Waals surface area contributed by atoms with Gasteiger partial charge in [0.05, 0.1) is 6.61 Å². The molecule has 0 bridgehead atoms. The summed E-state index contributed by atoms with van der Waals surface area (Å²) in [6, 6.07) is 17.6. The zero-order chi connectivity index (χ0) is 22.9. The molecule has 0 saturated heterocycles. The van der Waals surface area contributed by atoms with Crippen molar-refractivity contribution in [2.75, 3.05) is 17.2 Å². The molecule has 174 valence electrons. The average Bonchev–Trinajstić information content (AvgIpc) is 2.79. The van der Waals surface area contributed by atoms with Crippen LogP contribution in [0.1, 0.15) is 71.1 Å². The quantitative estimate of drug-likeness (QED) is 0.200. The SMILES string of the molecule is CCCCCCCCCCCCOC(=O)NC(=S)Nc1ccc(Nc2ccccc2)cc1. The average molecular weight is 456 g/mol. The number of benzene rings is 2. The minimum Gasteiger partial charge on any atom is -0.449 e. The molecule has 32 heavy (non-hydrogen) atoms. The Balaban J connectivity index is 1.52. The van der Waals surface area contributed by atoms with E-state index in [2.05, 4.69) is 22.9 Å². The zero-order valence-corrected chi connectivity index (χ0v) is 20.0. The van der Waals surface area contributed by atoms with Gasteiger partial charge < -0.3 is 15.4 Å². The third-order valence-corrected chi connectivity index (χ3v) is 5.36. The van der Waals surface area contributed by atoms with E-state index in [1.54, 1.807) is 0 Å². The van der Waals surface area contributed by atoms with Gasteiger partial charge in [0.15, 0.2) is 5.11 Å². The summed E-state index contributed by atoms with van der Waals surface area (Å²) < 4.78 is 5.22.